The second-order valence-corrected chi connectivity index (χ2v) is 4.28. The lowest BCUT2D eigenvalue weighted by Gasteiger charge is -2.01. The Morgan fingerprint density at radius 2 is 2.22 bits per heavy atom. The van der Waals surface area contributed by atoms with E-state index in [4.69, 9.17) is 4.42 Å². The molecule has 2 aromatic rings. The molecule has 0 atom stereocenters. The minimum atomic E-state index is -0.287. The van der Waals surface area contributed by atoms with Gasteiger partial charge in [0, 0.05) is 0 Å². The molecule has 0 fully saturated rings. The highest BCUT2D eigenvalue weighted by molar-refractivity contribution is 5.58. The van der Waals surface area contributed by atoms with Crippen molar-refractivity contribution in [2.24, 2.45) is 0 Å². The van der Waals surface area contributed by atoms with Crippen LogP contribution < -0.4 is 5.32 Å². The fourth-order valence-corrected chi connectivity index (χ4v) is 1.72. The van der Waals surface area contributed by atoms with Crippen molar-refractivity contribution >= 4 is 0 Å². The summed E-state index contributed by atoms with van der Waals surface area (Å²) in [6.07, 6.45) is 2.63. The highest BCUT2D eigenvalue weighted by Crippen LogP contribution is 2.24. The summed E-state index contributed by atoms with van der Waals surface area (Å²) < 4.78 is 19.2. The van der Waals surface area contributed by atoms with Crippen LogP contribution in [-0.2, 0) is 6.54 Å². The number of halogens is 1. The summed E-state index contributed by atoms with van der Waals surface area (Å²) in [5.41, 5.74) is 1.46. The fourth-order valence-electron chi connectivity index (χ4n) is 1.72. The molecule has 0 amide bonds. The highest BCUT2D eigenvalue weighted by atomic mass is 19.1. The van der Waals surface area contributed by atoms with Crippen LogP contribution in [0.25, 0.3) is 11.3 Å². The molecular formula is C14H17FN2O. The summed E-state index contributed by atoms with van der Waals surface area (Å²) >= 11 is 0. The Morgan fingerprint density at radius 3 is 3.00 bits per heavy atom. The number of rotatable bonds is 5. The zero-order chi connectivity index (χ0) is 13.0. The zero-order valence-electron chi connectivity index (χ0n) is 10.7. The lowest BCUT2D eigenvalue weighted by atomic mass is 10.1. The molecule has 3 nitrogen and oxygen atoms in total. The monoisotopic (exact) mass is 248 g/mol. The lowest BCUT2D eigenvalue weighted by molar-refractivity contribution is 0.475. The Bertz CT molecular complexity index is 522. The molecule has 18 heavy (non-hydrogen) atoms. The van der Waals surface area contributed by atoms with E-state index in [1.54, 1.807) is 18.3 Å². The summed E-state index contributed by atoms with van der Waals surface area (Å²) in [5.74, 6) is 0.772. The molecule has 0 saturated heterocycles. The van der Waals surface area contributed by atoms with Crippen molar-refractivity contribution in [1.29, 1.82) is 0 Å². The maximum absolute atomic E-state index is 13.7. The first-order valence-corrected chi connectivity index (χ1v) is 6.12. The van der Waals surface area contributed by atoms with Crippen LogP contribution in [0.4, 0.5) is 4.39 Å². The van der Waals surface area contributed by atoms with Gasteiger partial charge in [0.25, 0.3) is 0 Å². The molecule has 0 unspecified atom stereocenters. The van der Waals surface area contributed by atoms with Gasteiger partial charge in [0.05, 0.1) is 18.3 Å². The molecule has 0 spiro atoms. The van der Waals surface area contributed by atoms with Crippen molar-refractivity contribution in [3.63, 3.8) is 0 Å². The molecule has 2 rings (SSSR count). The van der Waals surface area contributed by atoms with E-state index >= 15 is 0 Å². The average molecular weight is 248 g/mol. The second kappa shape index (κ2) is 5.78. The van der Waals surface area contributed by atoms with Gasteiger partial charge in [0.1, 0.15) is 5.82 Å². The normalized spacial score (nSPS) is 10.8. The van der Waals surface area contributed by atoms with Crippen LogP contribution in [0.2, 0.25) is 0 Å². The molecule has 1 aromatic heterocycles. The van der Waals surface area contributed by atoms with Crippen LogP contribution in [0.15, 0.2) is 28.8 Å². The summed E-state index contributed by atoms with van der Waals surface area (Å²) in [6.45, 7) is 5.50. The minimum Gasteiger partial charge on any atom is -0.439 e. The van der Waals surface area contributed by atoms with E-state index in [2.05, 4.69) is 17.2 Å². The van der Waals surface area contributed by atoms with Gasteiger partial charge in [0.2, 0.25) is 5.89 Å². The Balaban J connectivity index is 2.16. The van der Waals surface area contributed by atoms with E-state index < -0.39 is 0 Å². The molecule has 1 N–H and O–H groups in total. The number of benzene rings is 1. The minimum absolute atomic E-state index is 0.287. The summed E-state index contributed by atoms with van der Waals surface area (Å²) in [5, 5.41) is 3.19. The summed E-state index contributed by atoms with van der Waals surface area (Å²) in [4.78, 5) is 4.14. The summed E-state index contributed by atoms with van der Waals surface area (Å²) in [6, 6.07) is 4.94. The number of oxazole rings is 1. The lowest BCUT2D eigenvalue weighted by Crippen LogP contribution is -2.13. The van der Waals surface area contributed by atoms with E-state index in [9.17, 15) is 4.39 Å². The van der Waals surface area contributed by atoms with Crippen LogP contribution >= 0.6 is 0 Å². The van der Waals surface area contributed by atoms with Gasteiger partial charge in [-0.15, -0.1) is 0 Å². The third-order valence-corrected chi connectivity index (χ3v) is 2.64. The molecule has 0 saturated carbocycles. The molecule has 1 aromatic carbocycles. The number of nitrogens with one attached hydrogen (secondary N) is 1. The maximum atomic E-state index is 13.7. The number of hydrogen-bond donors (Lipinski definition) is 1. The molecule has 0 aliphatic heterocycles. The number of aryl methyl sites for hydroxylation is 1. The zero-order valence-corrected chi connectivity index (χ0v) is 10.7. The first kappa shape index (κ1) is 12.8. The fraction of sp³-hybridized carbons (Fsp3) is 0.357. The third-order valence-electron chi connectivity index (χ3n) is 2.64. The van der Waals surface area contributed by atoms with E-state index in [1.165, 1.54) is 6.07 Å². The predicted molar refractivity (Wildman–Crippen MR) is 68.6 cm³/mol. The predicted octanol–water partition coefficient (Wildman–Crippen LogP) is 3.29. The van der Waals surface area contributed by atoms with Crippen LogP contribution in [0.5, 0.6) is 0 Å². The molecule has 0 radical (unpaired) electrons. The standard InChI is InChI=1S/C14H17FN2O/c1-3-6-16-9-14-17-8-13(18-14)11-7-10(2)4-5-12(11)15/h4-5,7-8,16H,3,6,9H2,1-2H3. The van der Waals surface area contributed by atoms with Gasteiger partial charge in [0.15, 0.2) is 5.76 Å². The second-order valence-electron chi connectivity index (χ2n) is 4.28. The molecule has 0 bridgehead atoms. The number of hydrogen-bond acceptors (Lipinski definition) is 3. The van der Waals surface area contributed by atoms with Gasteiger partial charge in [-0.05, 0) is 32.0 Å². The quantitative estimate of drug-likeness (QED) is 0.825. The highest BCUT2D eigenvalue weighted by Gasteiger charge is 2.10. The first-order chi connectivity index (χ1) is 8.70. The SMILES string of the molecule is CCCNCc1ncc(-c2cc(C)ccc2F)o1. The average Bonchev–Trinajstić information content (AvgIpc) is 2.81. The smallest absolute Gasteiger partial charge is 0.208 e. The molecule has 96 valence electrons. The van der Waals surface area contributed by atoms with E-state index in [0.717, 1.165) is 18.5 Å². The number of aromatic nitrogens is 1. The first-order valence-electron chi connectivity index (χ1n) is 6.12. The van der Waals surface area contributed by atoms with Crippen molar-refractivity contribution in [2.75, 3.05) is 6.54 Å². The van der Waals surface area contributed by atoms with Crippen molar-refractivity contribution in [3.8, 4) is 11.3 Å². The van der Waals surface area contributed by atoms with Crippen LogP contribution in [-0.4, -0.2) is 11.5 Å². The Kier molecular flexibility index (Phi) is 4.10. The largest absolute Gasteiger partial charge is 0.439 e. The third kappa shape index (κ3) is 2.96. The molecule has 4 heteroatoms. The molecule has 0 aliphatic carbocycles. The molecular weight excluding hydrogens is 231 g/mol. The van der Waals surface area contributed by atoms with Gasteiger partial charge in [-0.3, -0.25) is 0 Å². The van der Waals surface area contributed by atoms with Gasteiger partial charge in [-0.1, -0.05) is 18.6 Å². The van der Waals surface area contributed by atoms with E-state index in [0.29, 0.717) is 23.8 Å². The van der Waals surface area contributed by atoms with Gasteiger partial charge in [-0.25, -0.2) is 9.37 Å². The maximum Gasteiger partial charge on any atom is 0.208 e. The Hall–Kier alpha value is -1.68. The van der Waals surface area contributed by atoms with Gasteiger partial charge < -0.3 is 9.73 Å². The molecule has 0 aliphatic rings. The Labute approximate surface area is 106 Å². The van der Waals surface area contributed by atoms with Crippen LogP contribution in [0.1, 0.15) is 24.8 Å². The van der Waals surface area contributed by atoms with Crippen LogP contribution in [0.3, 0.4) is 0 Å². The Morgan fingerprint density at radius 1 is 1.39 bits per heavy atom. The van der Waals surface area contributed by atoms with E-state index in [1.807, 2.05) is 6.92 Å². The topological polar surface area (TPSA) is 38.1 Å². The number of nitrogens with zero attached hydrogens (tertiary/aromatic N) is 1. The van der Waals surface area contributed by atoms with Crippen molar-refractivity contribution in [2.45, 2.75) is 26.8 Å². The molecule has 1 heterocycles. The van der Waals surface area contributed by atoms with Crippen LogP contribution in [0, 0.1) is 12.7 Å². The summed E-state index contributed by atoms with van der Waals surface area (Å²) in [7, 11) is 0. The van der Waals surface area contributed by atoms with Crippen molar-refractivity contribution < 1.29 is 8.81 Å². The van der Waals surface area contributed by atoms with Gasteiger partial charge >= 0.3 is 0 Å². The van der Waals surface area contributed by atoms with E-state index in [-0.39, 0.29) is 5.82 Å². The van der Waals surface area contributed by atoms with Crippen molar-refractivity contribution in [3.05, 3.63) is 41.7 Å². The van der Waals surface area contributed by atoms with Gasteiger partial charge in [-0.2, -0.15) is 0 Å². The van der Waals surface area contributed by atoms with Crippen molar-refractivity contribution in [1.82, 2.24) is 10.3 Å².